The summed E-state index contributed by atoms with van der Waals surface area (Å²) in [5, 5.41) is 27.8. The molecule has 3 aromatic carbocycles. The van der Waals surface area contributed by atoms with Crippen molar-refractivity contribution in [2.45, 2.75) is 6.04 Å². The summed E-state index contributed by atoms with van der Waals surface area (Å²) < 4.78 is 0. The number of amides is 1. The van der Waals surface area contributed by atoms with Gasteiger partial charge in [-0.3, -0.25) is 14.9 Å². The minimum Gasteiger partial charge on any atom is -0.480 e. The quantitative estimate of drug-likeness (QED) is 0.192. The number of nitro benzene ring substituents is 1. The Morgan fingerprint density at radius 2 is 1.64 bits per heavy atom. The van der Waals surface area contributed by atoms with Gasteiger partial charge in [-0.25, -0.2) is 9.78 Å². The zero-order valence-electron chi connectivity index (χ0n) is 17.2. The van der Waals surface area contributed by atoms with Crippen molar-refractivity contribution < 1.29 is 19.6 Å². The van der Waals surface area contributed by atoms with E-state index in [9.17, 15) is 19.7 Å². The lowest BCUT2D eigenvalue weighted by Gasteiger charge is -2.15. The first-order valence-corrected chi connectivity index (χ1v) is 9.95. The molecule has 0 fully saturated rings. The van der Waals surface area contributed by atoms with E-state index in [2.05, 4.69) is 15.6 Å². The molecular formula is C23H19N5O5. The van der Waals surface area contributed by atoms with Gasteiger partial charge in [-0.1, -0.05) is 36.4 Å². The maximum Gasteiger partial charge on any atom is 0.327 e. The predicted molar refractivity (Wildman–Crippen MR) is 124 cm³/mol. The Morgan fingerprint density at radius 3 is 2.18 bits per heavy atom. The Bertz CT molecular complexity index is 1350. The van der Waals surface area contributed by atoms with Crippen molar-refractivity contribution in [3.63, 3.8) is 0 Å². The number of carbonyl (C=O) groups excluding carboxylic acids is 1. The maximum absolute atomic E-state index is 12.4. The third-order valence-corrected chi connectivity index (χ3v) is 5.14. The van der Waals surface area contributed by atoms with Crippen LogP contribution in [0, 0.1) is 10.1 Å². The third-order valence-electron chi connectivity index (χ3n) is 5.14. The van der Waals surface area contributed by atoms with Gasteiger partial charge in [0.2, 0.25) is 0 Å². The number of nitrogens with one attached hydrogen (secondary N) is 2. The molecule has 0 aliphatic carbocycles. The van der Waals surface area contributed by atoms with Gasteiger partial charge < -0.3 is 21.5 Å². The molecule has 10 heteroatoms. The van der Waals surface area contributed by atoms with Gasteiger partial charge >= 0.3 is 5.97 Å². The predicted octanol–water partition coefficient (Wildman–Crippen LogP) is 3.18. The van der Waals surface area contributed by atoms with Crippen molar-refractivity contribution in [3.05, 3.63) is 82.4 Å². The molecule has 1 unspecified atom stereocenters. The van der Waals surface area contributed by atoms with E-state index in [1.54, 1.807) is 0 Å². The van der Waals surface area contributed by atoms with E-state index in [-0.39, 0.29) is 23.5 Å². The van der Waals surface area contributed by atoms with E-state index in [4.69, 9.17) is 10.8 Å². The van der Waals surface area contributed by atoms with Crippen LogP contribution in [0.15, 0.2) is 66.7 Å². The van der Waals surface area contributed by atoms with Crippen LogP contribution in [0.4, 0.5) is 17.1 Å². The molecule has 5 N–H and O–H groups in total. The number of hydrogen-bond donors (Lipinski definition) is 4. The van der Waals surface area contributed by atoms with E-state index in [1.807, 2.05) is 48.5 Å². The smallest absolute Gasteiger partial charge is 0.327 e. The first-order valence-electron chi connectivity index (χ1n) is 9.95. The Morgan fingerprint density at radius 1 is 1.03 bits per heavy atom. The SMILES string of the molecule is NCC(NC(=O)c1ccc(Nc2c3ccccc3nc3ccccc23)c([N+](=O)[O-])c1)C(=O)O. The Labute approximate surface area is 187 Å². The molecule has 166 valence electrons. The molecule has 1 amide bonds. The van der Waals surface area contributed by atoms with Crippen molar-refractivity contribution in [2.75, 3.05) is 11.9 Å². The Kier molecular flexibility index (Phi) is 5.83. The lowest BCUT2D eigenvalue weighted by Crippen LogP contribution is -2.45. The molecule has 4 rings (SSSR count). The summed E-state index contributed by atoms with van der Waals surface area (Å²) in [7, 11) is 0. The number of nitrogens with zero attached hydrogens (tertiary/aromatic N) is 2. The number of aliphatic carboxylic acids is 1. The average Bonchev–Trinajstić information content (AvgIpc) is 2.82. The van der Waals surface area contributed by atoms with Crippen molar-refractivity contribution >= 4 is 50.7 Å². The number of pyridine rings is 1. The van der Waals surface area contributed by atoms with E-state index in [0.717, 1.165) is 27.9 Å². The van der Waals surface area contributed by atoms with Crippen LogP contribution < -0.4 is 16.4 Å². The van der Waals surface area contributed by atoms with Crippen LogP contribution >= 0.6 is 0 Å². The second kappa shape index (κ2) is 8.89. The molecule has 10 nitrogen and oxygen atoms in total. The summed E-state index contributed by atoms with van der Waals surface area (Å²) in [5.41, 5.74) is 7.22. The fourth-order valence-electron chi connectivity index (χ4n) is 3.50. The summed E-state index contributed by atoms with van der Waals surface area (Å²) >= 11 is 0. The molecule has 0 spiro atoms. The largest absolute Gasteiger partial charge is 0.480 e. The molecule has 1 atom stereocenters. The molecule has 1 aromatic heterocycles. The van der Waals surface area contributed by atoms with Crippen molar-refractivity contribution in [2.24, 2.45) is 5.73 Å². The van der Waals surface area contributed by atoms with Crippen LogP contribution in [0.3, 0.4) is 0 Å². The minimum absolute atomic E-state index is 0.0589. The maximum atomic E-state index is 12.4. The number of hydrogen-bond acceptors (Lipinski definition) is 7. The van der Waals surface area contributed by atoms with Crippen LogP contribution in [0.2, 0.25) is 0 Å². The number of nitrogens with two attached hydrogens (primary N) is 1. The van der Waals surface area contributed by atoms with E-state index >= 15 is 0 Å². The highest BCUT2D eigenvalue weighted by Crippen LogP contribution is 2.36. The number of carboxylic acid groups (broad SMARTS) is 1. The second-order valence-corrected chi connectivity index (χ2v) is 7.24. The molecule has 0 aliphatic heterocycles. The minimum atomic E-state index is -1.30. The molecule has 0 aliphatic rings. The van der Waals surface area contributed by atoms with E-state index in [1.165, 1.54) is 12.1 Å². The number of benzene rings is 3. The van der Waals surface area contributed by atoms with Gasteiger partial charge in [-0.05, 0) is 24.3 Å². The summed E-state index contributed by atoms with van der Waals surface area (Å²) in [6.07, 6.45) is 0. The number of para-hydroxylation sites is 2. The van der Waals surface area contributed by atoms with Crippen LogP contribution in [0.5, 0.6) is 0 Å². The van der Waals surface area contributed by atoms with Crippen molar-refractivity contribution in [1.82, 2.24) is 10.3 Å². The zero-order chi connectivity index (χ0) is 23.5. The standard InChI is InChI=1S/C23H19N5O5/c24-12-19(23(30)31)27-22(29)13-9-10-18(20(11-13)28(32)33)26-21-14-5-1-3-7-16(14)25-17-8-4-2-6-15(17)21/h1-11,19H,12,24H2,(H,25,26)(H,27,29)(H,30,31). The summed E-state index contributed by atoms with van der Waals surface area (Å²) in [6, 6.07) is 17.4. The number of carbonyl (C=O) groups is 2. The van der Waals surface area contributed by atoms with Crippen LogP contribution in [-0.2, 0) is 4.79 Å². The van der Waals surface area contributed by atoms with Gasteiger partial charge in [-0.2, -0.15) is 0 Å². The summed E-state index contributed by atoms with van der Waals surface area (Å²) in [5.74, 6) is -2.07. The lowest BCUT2D eigenvalue weighted by molar-refractivity contribution is -0.383. The monoisotopic (exact) mass is 445 g/mol. The molecular weight excluding hydrogens is 426 g/mol. The summed E-state index contributed by atoms with van der Waals surface area (Å²) in [6.45, 7) is -0.314. The normalized spacial score (nSPS) is 11.8. The fourth-order valence-corrected chi connectivity index (χ4v) is 3.50. The summed E-state index contributed by atoms with van der Waals surface area (Å²) in [4.78, 5) is 39.4. The van der Waals surface area contributed by atoms with Gasteiger partial charge in [0.25, 0.3) is 11.6 Å². The number of anilines is 2. The highest BCUT2D eigenvalue weighted by Gasteiger charge is 2.23. The number of nitro groups is 1. The molecule has 33 heavy (non-hydrogen) atoms. The third kappa shape index (κ3) is 4.27. The Hall–Kier alpha value is -4.57. The van der Waals surface area contributed by atoms with Crippen LogP contribution in [0.25, 0.3) is 21.8 Å². The fraction of sp³-hybridized carbons (Fsp3) is 0.0870. The number of carboxylic acids is 1. The number of rotatable bonds is 7. The molecule has 4 aromatic rings. The topological polar surface area (TPSA) is 160 Å². The van der Waals surface area contributed by atoms with E-state index in [0.29, 0.717) is 5.69 Å². The van der Waals surface area contributed by atoms with Gasteiger partial charge in [0.05, 0.1) is 21.6 Å². The van der Waals surface area contributed by atoms with Crippen molar-refractivity contribution in [3.8, 4) is 0 Å². The first kappa shape index (κ1) is 21.7. The number of fused-ring (bicyclic) bond motifs is 2. The highest BCUT2D eigenvalue weighted by molar-refractivity contribution is 6.09. The molecule has 0 bridgehead atoms. The van der Waals surface area contributed by atoms with Crippen LogP contribution in [-0.4, -0.2) is 39.5 Å². The van der Waals surface area contributed by atoms with Gasteiger partial charge in [-0.15, -0.1) is 0 Å². The van der Waals surface area contributed by atoms with Crippen molar-refractivity contribution in [1.29, 1.82) is 0 Å². The molecule has 0 saturated carbocycles. The highest BCUT2D eigenvalue weighted by atomic mass is 16.6. The van der Waals surface area contributed by atoms with Crippen LogP contribution in [0.1, 0.15) is 10.4 Å². The number of aromatic nitrogens is 1. The first-order chi connectivity index (χ1) is 15.9. The molecule has 0 saturated heterocycles. The second-order valence-electron chi connectivity index (χ2n) is 7.24. The average molecular weight is 445 g/mol. The van der Waals surface area contributed by atoms with Gasteiger partial charge in [0, 0.05) is 28.9 Å². The van der Waals surface area contributed by atoms with Gasteiger partial charge in [0.15, 0.2) is 0 Å². The van der Waals surface area contributed by atoms with E-state index < -0.39 is 22.8 Å². The Balaban J connectivity index is 1.78. The molecule has 1 heterocycles. The molecule has 0 radical (unpaired) electrons. The van der Waals surface area contributed by atoms with Gasteiger partial charge in [0.1, 0.15) is 11.7 Å². The zero-order valence-corrected chi connectivity index (χ0v) is 17.2. The lowest BCUT2D eigenvalue weighted by atomic mass is 10.1.